The second-order valence-corrected chi connectivity index (χ2v) is 8.43. The lowest BCUT2D eigenvalue weighted by molar-refractivity contribution is 0.0951. The van der Waals surface area contributed by atoms with E-state index in [-0.39, 0.29) is 17.5 Å². The number of aromatic nitrogens is 2. The molecule has 0 saturated carbocycles. The first-order valence-corrected chi connectivity index (χ1v) is 10.8. The Balaban J connectivity index is 1.64. The summed E-state index contributed by atoms with van der Waals surface area (Å²) in [6.07, 6.45) is 5.22. The number of halogens is 4. The number of amides is 1. The van der Waals surface area contributed by atoms with Crippen molar-refractivity contribution < 1.29 is 9.18 Å². The smallest absolute Gasteiger partial charge is 0.251 e. The van der Waals surface area contributed by atoms with Crippen LogP contribution in [0.15, 0.2) is 73.3 Å². The zero-order chi connectivity index (χ0) is 22.7. The van der Waals surface area contributed by atoms with E-state index in [4.69, 9.17) is 34.8 Å². The number of imidazole rings is 1. The van der Waals surface area contributed by atoms with Crippen molar-refractivity contribution in [1.82, 2.24) is 14.9 Å². The fraction of sp³-hybridized carbons (Fsp3) is 0.0833. The Kier molecular flexibility index (Phi) is 6.80. The van der Waals surface area contributed by atoms with Gasteiger partial charge >= 0.3 is 0 Å². The molecule has 3 aromatic carbocycles. The molecule has 4 aromatic rings. The maximum absolute atomic E-state index is 13.5. The standard InChI is InChI=1S/C24H17Cl3FN3O/c25-21-4-1-15(9-23(21)27)12-30-24(32)18-8-16(13-31-6-5-29-14-31)7-17(10-18)20-3-2-19(28)11-22(20)26/h1-11,14H,12-13H2,(H,30,32). The van der Waals surface area contributed by atoms with Gasteiger partial charge in [-0.3, -0.25) is 4.79 Å². The first-order chi connectivity index (χ1) is 15.4. The van der Waals surface area contributed by atoms with Gasteiger partial charge in [0.15, 0.2) is 0 Å². The summed E-state index contributed by atoms with van der Waals surface area (Å²) < 4.78 is 15.4. The molecule has 1 heterocycles. The Morgan fingerprint density at radius 2 is 1.78 bits per heavy atom. The topological polar surface area (TPSA) is 46.9 Å². The molecular weight excluding hydrogens is 472 g/mol. The molecule has 8 heteroatoms. The number of hydrogen-bond donors (Lipinski definition) is 1. The van der Waals surface area contributed by atoms with Crippen molar-refractivity contribution in [3.8, 4) is 11.1 Å². The number of nitrogens with one attached hydrogen (secondary N) is 1. The van der Waals surface area contributed by atoms with Crippen LogP contribution in [0.3, 0.4) is 0 Å². The normalized spacial score (nSPS) is 10.9. The summed E-state index contributed by atoms with van der Waals surface area (Å²) in [6, 6.07) is 14.9. The summed E-state index contributed by atoms with van der Waals surface area (Å²) in [6.45, 7) is 0.799. The van der Waals surface area contributed by atoms with E-state index in [1.54, 1.807) is 42.9 Å². The van der Waals surface area contributed by atoms with Crippen molar-refractivity contribution in [3.63, 3.8) is 0 Å². The zero-order valence-electron chi connectivity index (χ0n) is 16.7. The van der Waals surface area contributed by atoms with Crippen LogP contribution < -0.4 is 5.32 Å². The van der Waals surface area contributed by atoms with Crippen LogP contribution in [0.1, 0.15) is 21.5 Å². The Hall–Kier alpha value is -2.86. The summed E-state index contributed by atoms with van der Waals surface area (Å²) in [5.74, 6) is -0.684. The molecule has 0 aliphatic rings. The van der Waals surface area contributed by atoms with Crippen molar-refractivity contribution in [2.75, 3.05) is 0 Å². The molecule has 1 amide bonds. The van der Waals surface area contributed by atoms with Gasteiger partial charge in [0, 0.05) is 36.6 Å². The summed E-state index contributed by atoms with van der Waals surface area (Å²) in [4.78, 5) is 17.0. The second kappa shape index (κ2) is 9.74. The molecule has 0 unspecified atom stereocenters. The fourth-order valence-electron chi connectivity index (χ4n) is 3.32. The molecule has 4 rings (SSSR count). The van der Waals surface area contributed by atoms with E-state index in [0.717, 1.165) is 11.1 Å². The molecule has 162 valence electrons. The molecule has 4 nitrogen and oxygen atoms in total. The molecular formula is C24H17Cl3FN3O. The van der Waals surface area contributed by atoms with E-state index in [2.05, 4.69) is 10.3 Å². The molecule has 0 saturated heterocycles. The second-order valence-electron chi connectivity index (χ2n) is 7.21. The van der Waals surface area contributed by atoms with Crippen LogP contribution in [0.4, 0.5) is 4.39 Å². The first kappa shape index (κ1) is 22.3. The highest BCUT2D eigenvalue weighted by molar-refractivity contribution is 6.42. The molecule has 1 aromatic heterocycles. The number of carbonyl (C=O) groups is 1. The summed E-state index contributed by atoms with van der Waals surface area (Å²) >= 11 is 18.3. The van der Waals surface area contributed by atoms with E-state index in [1.807, 2.05) is 22.9 Å². The molecule has 0 radical (unpaired) electrons. The number of benzene rings is 3. The van der Waals surface area contributed by atoms with E-state index < -0.39 is 5.82 Å². The van der Waals surface area contributed by atoms with Crippen LogP contribution in [-0.2, 0) is 13.1 Å². The summed E-state index contributed by atoms with van der Waals surface area (Å²) in [5.41, 5.74) is 3.51. The van der Waals surface area contributed by atoms with Crippen molar-refractivity contribution >= 4 is 40.7 Å². The van der Waals surface area contributed by atoms with Gasteiger partial charge in [-0.25, -0.2) is 9.37 Å². The monoisotopic (exact) mass is 487 g/mol. The Bertz CT molecular complexity index is 1280. The van der Waals surface area contributed by atoms with E-state index >= 15 is 0 Å². The minimum Gasteiger partial charge on any atom is -0.348 e. The van der Waals surface area contributed by atoms with Gasteiger partial charge in [0.2, 0.25) is 0 Å². The van der Waals surface area contributed by atoms with Gasteiger partial charge in [0.25, 0.3) is 5.91 Å². The lowest BCUT2D eigenvalue weighted by atomic mass is 9.99. The zero-order valence-corrected chi connectivity index (χ0v) is 18.9. The molecule has 0 fully saturated rings. The van der Waals surface area contributed by atoms with Crippen LogP contribution in [0.5, 0.6) is 0 Å². The van der Waals surface area contributed by atoms with Gasteiger partial charge in [0.1, 0.15) is 5.82 Å². The molecule has 0 bridgehead atoms. The summed E-state index contributed by atoms with van der Waals surface area (Å²) in [5, 5.41) is 4.05. The average molecular weight is 489 g/mol. The molecule has 0 aliphatic carbocycles. The first-order valence-electron chi connectivity index (χ1n) is 9.66. The number of hydrogen-bond acceptors (Lipinski definition) is 2. The van der Waals surface area contributed by atoms with Crippen molar-refractivity contribution in [3.05, 3.63) is 111 Å². The van der Waals surface area contributed by atoms with E-state index in [1.165, 1.54) is 12.1 Å². The summed E-state index contributed by atoms with van der Waals surface area (Å²) in [7, 11) is 0. The van der Waals surface area contributed by atoms with Crippen molar-refractivity contribution in [1.29, 1.82) is 0 Å². The Labute approximate surface area is 199 Å². The lowest BCUT2D eigenvalue weighted by Gasteiger charge is -2.13. The van der Waals surface area contributed by atoms with Gasteiger partial charge in [-0.2, -0.15) is 0 Å². The van der Waals surface area contributed by atoms with E-state index in [9.17, 15) is 9.18 Å². The molecule has 1 N–H and O–H groups in total. The van der Waals surface area contributed by atoms with Crippen LogP contribution in [0.25, 0.3) is 11.1 Å². The van der Waals surface area contributed by atoms with Crippen LogP contribution in [0.2, 0.25) is 15.1 Å². The average Bonchev–Trinajstić information content (AvgIpc) is 3.27. The van der Waals surface area contributed by atoms with Crippen molar-refractivity contribution in [2.24, 2.45) is 0 Å². The van der Waals surface area contributed by atoms with Gasteiger partial charge < -0.3 is 9.88 Å². The molecule has 0 atom stereocenters. The minimum atomic E-state index is -0.423. The molecule has 0 spiro atoms. The Morgan fingerprint density at radius 3 is 2.50 bits per heavy atom. The number of rotatable bonds is 6. The van der Waals surface area contributed by atoms with Crippen LogP contribution >= 0.6 is 34.8 Å². The van der Waals surface area contributed by atoms with Gasteiger partial charge in [0.05, 0.1) is 21.4 Å². The maximum Gasteiger partial charge on any atom is 0.251 e. The third-order valence-corrected chi connectivity index (χ3v) is 5.91. The Morgan fingerprint density at radius 1 is 0.938 bits per heavy atom. The highest BCUT2D eigenvalue weighted by Crippen LogP contribution is 2.30. The quantitative estimate of drug-likeness (QED) is 0.331. The third-order valence-electron chi connectivity index (χ3n) is 4.86. The lowest BCUT2D eigenvalue weighted by Crippen LogP contribution is -2.23. The van der Waals surface area contributed by atoms with Gasteiger partial charge in [-0.1, -0.05) is 40.9 Å². The maximum atomic E-state index is 13.5. The van der Waals surface area contributed by atoms with E-state index in [0.29, 0.717) is 33.3 Å². The highest BCUT2D eigenvalue weighted by atomic mass is 35.5. The number of nitrogens with zero attached hydrogens (tertiary/aromatic N) is 2. The SMILES string of the molecule is O=C(NCc1ccc(Cl)c(Cl)c1)c1cc(Cn2ccnc2)cc(-c2ccc(F)cc2Cl)c1. The minimum absolute atomic E-state index is 0.261. The fourth-order valence-corrected chi connectivity index (χ4v) is 3.92. The van der Waals surface area contributed by atoms with Crippen LogP contribution in [-0.4, -0.2) is 15.5 Å². The third kappa shape index (κ3) is 5.30. The van der Waals surface area contributed by atoms with Crippen LogP contribution in [0, 0.1) is 5.82 Å². The molecule has 32 heavy (non-hydrogen) atoms. The predicted octanol–water partition coefficient (Wildman–Crippen LogP) is 6.63. The number of carbonyl (C=O) groups excluding carboxylic acids is 1. The molecule has 0 aliphatic heterocycles. The largest absolute Gasteiger partial charge is 0.348 e. The van der Waals surface area contributed by atoms with Gasteiger partial charge in [-0.15, -0.1) is 0 Å². The highest BCUT2D eigenvalue weighted by Gasteiger charge is 2.13. The van der Waals surface area contributed by atoms with Crippen molar-refractivity contribution in [2.45, 2.75) is 13.1 Å². The van der Waals surface area contributed by atoms with Gasteiger partial charge in [-0.05, 0) is 65.2 Å². The predicted molar refractivity (Wildman–Crippen MR) is 126 cm³/mol.